The molecule has 5 nitrogen and oxygen atoms in total. The Balaban J connectivity index is 2.25. The monoisotopic (exact) mass is 206 g/mol. The lowest BCUT2D eigenvalue weighted by Gasteiger charge is -2.01. The molecular formula is C10H14N4O. The van der Waals surface area contributed by atoms with E-state index >= 15 is 0 Å². The van der Waals surface area contributed by atoms with Crippen LogP contribution in [0.1, 0.15) is 6.42 Å². The Morgan fingerprint density at radius 2 is 2.33 bits per heavy atom. The summed E-state index contributed by atoms with van der Waals surface area (Å²) in [4.78, 5) is 0. The molecule has 0 amide bonds. The minimum atomic E-state index is 0.672. The fourth-order valence-corrected chi connectivity index (χ4v) is 1.54. The number of benzene rings is 1. The van der Waals surface area contributed by atoms with Gasteiger partial charge in [-0.1, -0.05) is 11.3 Å². The van der Waals surface area contributed by atoms with Gasteiger partial charge in [0.25, 0.3) is 0 Å². The van der Waals surface area contributed by atoms with E-state index in [9.17, 15) is 0 Å². The third-order valence-electron chi connectivity index (χ3n) is 2.30. The maximum absolute atomic E-state index is 5.78. The molecule has 0 aliphatic carbocycles. The molecule has 0 bridgehead atoms. The quantitative estimate of drug-likeness (QED) is 0.599. The summed E-state index contributed by atoms with van der Waals surface area (Å²) in [6, 6.07) is 5.71. The van der Waals surface area contributed by atoms with Crippen molar-refractivity contribution in [1.29, 1.82) is 0 Å². The number of rotatable bonds is 4. The zero-order chi connectivity index (χ0) is 10.7. The van der Waals surface area contributed by atoms with Crippen molar-refractivity contribution in [1.82, 2.24) is 15.0 Å². The van der Waals surface area contributed by atoms with E-state index in [4.69, 9.17) is 10.5 Å². The van der Waals surface area contributed by atoms with Crippen LogP contribution in [-0.2, 0) is 11.3 Å². The molecular weight excluding hydrogens is 192 g/mol. The number of nitrogens with two attached hydrogens (primary N) is 1. The first kappa shape index (κ1) is 9.92. The second kappa shape index (κ2) is 4.27. The largest absolute Gasteiger partial charge is 0.397 e. The third-order valence-corrected chi connectivity index (χ3v) is 2.30. The molecule has 0 radical (unpaired) electrons. The van der Waals surface area contributed by atoms with Gasteiger partial charge in [-0.15, -0.1) is 5.10 Å². The second-order valence-corrected chi connectivity index (χ2v) is 3.37. The summed E-state index contributed by atoms with van der Waals surface area (Å²) in [6.45, 7) is 1.53. The molecule has 0 saturated heterocycles. The van der Waals surface area contributed by atoms with Gasteiger partial charge in [0, 0.05) is 20.3 Å². The maximum atomic E-state index is 5.78. The van der Waals surface area contributed by atoms with Crippen molar-refractivity contribution in [2.75, 3.05) is 19.5 Å². The van der Waals surface area contributed by atoms with E-state index in [1.165, 1.54) is 0 Å². The van der Waals surface area contributed by atoms with Gasteiger partial charge in [0.2, 0.25) is 0 Å². The Kier molecular flexibility index (Phi) is 2.82. The molecule has 1 heterocycles. The highest BCUT2D eigenvalue weighted by atomic mass is 16.5. The minimum Gasteiger partial charge on any atom is -0.397 e. The summed E-state index contributed by atoms with van der Waals surface area (Å²) in [5.74, 6) is 0. The molecule has 5 heteroatoms. The number of aromatic nitrogens is 3. The molecule has 80 valence electrons. The van der Waals surface area contributed by atoms with E-state index in [2.05, 4.69) is 10.3 Å². The molecule has 15 heavy (non-hydrogen) atoms. The summed E-state index contributed by atoms with van der Waals surface area (Å²) in [5.41, 5.74) is 8.21. The summed E-state index contributed by atoms with van der Waals surface area (Å²) in [6.07, 6.45) is 0.920. The molecule has 0 atom stereocenters. The molecule has 0 unspecified atom stereocenters. The number of hydrogen-bond acceptors (Lipinski definition) is 4. The van der Waals surface area contributed by atoms with Gasteiger partial charge in [0.1, 0.15) is 5.52 Å². The number of fused-ring (bicyclic) bond motifs is 1. The van der Waals surface area contributed by atoms with Crippen LogP contribution in [-0.4, -0.2) is 28.7 Å². The average molecular weight is 206 g/mol. The Morgan fingerprint density at radius 1 is 1.47 bits per heavy atom. The van der Waals surface area contributed by atoms with Gasteiger partial charge in [-0.05, 0) is 18.6 Å². The fourth-order valence-electron chi connectivity index (χ4n) is 1.54. The van der Waals surface area contributed by atoms with Crippen LogP contribution in [0.3, 0.4) is 0 Å². The molecule has 2 N–H and O–H groups in total. The third kappa shape index (κ3) is 1.92. The standard InChI is InChI=1S/C10H14N4O/c1-15-7-3-6-14-9-5-2-4-8(11)10(9)12-13-14/h2,4-5H,3,6-7,11H2,1H3. The summed E-state index contributed by atoms with van der Waals surface area (Å²) < 4.78 is 6.84. The first-order valence-corrected chi connectivity index (χ1v) is 4.89. The highest BCUT2D eigenvalue weighted by molar-refractivity contribution is 5.86. The Labute approximate surface area is 87.8 Å². The number of aryl methyl sites for hydroxylation is 1. The molecule has 1 aromatic heterocycles. The van der Waals surface area contributed by atoms with Crippen LogP contribution in [0.25, 0.3) is 11.0 Å². The summed E-state index contributed by atoms with van der Waals surface area (Å²) in [7, 11) is 1.69. The zero-order valence-corrected chi connectivity index (χ0v) is 8.68. The number of ether oxygens (including phenoxy) is 1. The van der Waals surface area contributed by atoms with Crippen molar-refractivity contribution in [2.24, 2.45) is 0 Å². The van der Waals surface area contributed by atoms with Gasteiger partial charge in [0.15, 0.2) is 0 Å². The van der Waals surface area contributed by atoms with Gasteiger partial charge >= 0.3 is 0 Å². The molecule has 0 fully saturated rings. The Hall–Kier alpha value is -1.62. The van der Waals surface area contributed by atoms with E-state index in [0.29, 0.717) is 5.69 Å². The van der Waals surface area contributed by atoms with Gasteiger partial charge in [-0.2, -0.15) is 0 Å². The van der Waals surface area contributed by atoms with E-state index in [1.807, 2.05) is 22.9 Å². The highest BCUT2D eigenvalue weighted by Crippen LogP contribution is 2.17. The lowest BCUT2D eigenvalue weighted by atomic mass is 10.2. The first-order valence-electron chi connectivity index (χ1n) is 4.89. The van der Waals surface area contributed by atoms with Crippen LogP contribution in [0.15, 0.2) is 18.2 Å². The van der Waals surface area contributed by atoms with Gasteiger partial charge in [-0.25, -0.2) is 4.68 Å². The normalized spacial score (nSPS) is 11.0. The predicted octanol–water partition coefficient (Wildman–Crippen LogP) is 1.05. The van der Waals surface area contributed by atoms with E-state index in [1.54, 1.807) is 7.11 Å². The highest BCUT2D eigenvalue weighted by Gasteiger charge is 2.05. The maximum Gasteiger partial charge on any atom is 0.136 e. The Bertz CT molecular complexity index is 452. The van der Waals surface area contributed by atoms with Crippen LogP contribution in [0.4, 0.5) is 5.69 Å². The van der Waals surface area contributed by atoms with Crippen molar-refractivity contribution in [3.8, 4) is 0 Å². The summed E-state index contributed by atoms with van der Waals surface area (Å²) >= 11 is 0. The number of methoxy groups -OCH3 is 1. The van der Waals surface area contributed by atoms with Crippen LogP contribution < -0.4 is 5.73 Å². The van der Waals surface area contributed by atoms with Crippen molar-refractivity contribution < 1.29 is 4.74 Å². The van der Waals surface area contributed by atoms with E-state index < -0.39 is 0 Å². The fraction of sp³-hybridized carbons (Fsp3) is 0.400. The van der Waals surface area contributed by atoms with Crippen molar-refractivity contribution in [3.05, 3.63) is 18.2 Å². The zero-order valence-electron chi connectivity index (χ0n) is 8.68. The van der Waals surface area contributed by atoms with Crippen LogP contribution in [0.5, 0.6) is 0 Å². The van der Waals surface area contributed by atoms with Crippen LogP contribution in [0, 0.1) is 0 Å². The first-order chi connectivity index (χ1) is 7.33. The Morgan fingerprint density at radius 3 is 3.13 bits per heavy atom. The van der Waals surface area contributed by atoms with Crippen molar-refractivity contribution in [2.45, 2.75) is 13.0 Å². The smallest absolute Gasteiger partial charge is 0.136 e. The molecule has 2 aromatic rings. The number of nitrogens with zero attached hydrogens (tertiary/aromatic N) is 3. The van der Waals surface area contributed by atoms with Crippen molar-refractivity contribution in [3.63, 3.8) is 0 Å². The molecule has 0 aliphatic rings. The molecule has 1 aromatic carbocycles. The lowest BCUT2D eigenvalue weighted by Crippen LogP contribution is -2.03. The number of anilines is 1. The molecule has 0 spiro atoms. The molecule has 0 saturated carbocycles. The molecule has 0 aliphatic heterocycles. The average Bonchev–Trinajstić information content (AvgIpc) is 2.64. The second-order valence-electron chi connectivity index (χ2n) is 3.37. The van der Waals surface area contributed by atoms with Gasteiger partial charge in [-0.3, -0.25) is 0 Å². The number of hydrogen-bond donors (Lipinski definition) is 1. The SMILES string of the molecule is COCCCn1nnc2c(N)cccc21. The van der Waals surface area contributed by atoms with E-state index in [-0.39, 0.29) is 0 Å². The minimum absolute atomic E-state index is 0.672. The van der Waals surface area contributed by atoms with Crippen LogP contribution in [0.2, 0.25) is 0 Å². The predicted molar refractivity (Wildman–Crippen MR) is 58.4 cm³/mol. The van der Waals surface area contributed by atoms with Crippen LogP contribution >= 0.6 is 0 Å². The summed E-state index contributed by atoms with van der Waals surface area (Å²) in [5, 5.41) is 8.10. The lowest BCUT2D eigenvalue weighted by molar-refractivity contribution is 0.189. The topological polar surface area (TPSA) is 66.0 Å². The van der Waals surface area contributed by atoms with Gasteiger partial charge in [0.05, 0.1) is 11.2 Å². The molecule has 2 rings (SSSR count). The van der Waals surface area contributed by atoms with Gasteiger partial charge < -0.3 is 10.5 Å². The number of nitrogen functional groups attached to an aromatic ring is 1. The van der Waals surface area contributed by atoms with Crippen molar-refractivity contribution >= 4 is 16.7 Å². The van der Waals surface area contributed by atoms with E-state index in [0.717, 1.165) is 30.6 Å².